The summed E-state index contributed by atoms with van der Waals surface area (Å²) in [6.07, 6.45) is 1.78. The Morgan fingerprint density at radius 3 is 3.08 bits per heavy atom. The van der Waals surface area contributed by atoms with Gasteiger partial charge in [-0.3, -0.25) is 0 Å². The minimum atomic E-state index is -0.206. The molecule has 0 saturated heterocycles. The fraction of sp³-hybridized carbons (Fsp3) is 0.444. The Morgan fingerprint density at radius 2 is 2.33 bits per heavy atom. The van der Waals surface area contributed by atoms with Gasteiger partial charge < -0.3 is 4.74 Å². The molecule has 1 aliphatic heterocycles. The molecule has 3 heteroatoms. The second-order valence-corrected chi connectivity index (χ2v) is 3.85. The summed E-state index contributed by atoms with van der Waals surface area (Å²) in [4.78, 5) is 4.00. The SMILES string of the molecule is CC1(C)OCc2cnc(Cl)cc21. The van der Waals surface area contributed by atoms with E-state index in [2.05, 4.69) is 4.98 Å². The highest BCUT2D eigenvalue weighted by Gasteiger charge is 2.30. The molecule has 64 valence electrons. The molecule has 0 unspecified atom stereocenters. The number of fused-ring (bicyclic) bond motifs is 1. The van der Waals surface area contributed by atoms with E-state index in [0.29, 0.717) is 11.8 Å². The largest absolute Gasteiger partial charge is 0.366 e. The van der Waals surface area contributed by atoms with Gasteiger partial charge in [0, 0.05) is 11.8 Å². The first-order valence-electron chi connectivity index (χ1n) is 3.88. The Morgan fingerprint density at radius 1 is 1.58 bits per heavy atom. The van der Waals surface area contributed by atoms with E-state index in [1.807, 2.05) is 19.9 Å². The van der Waals surface area contributed by atoms with E-state index in [-0.39, 0.29) is 5.60 Å². The maximum Gasteiger partial charge on any atom is 0.129 e. The molecule has 0 atom stereocenters. The number of nitrogens with zero attached hydrogens (tertiary/aromatic N) is 1. The molecule has 0 saturated carbocycles. The van der Waals surface area contributed by atoms with E-state index in [1.165, 1.54) is 0 Å². The Labute approximate surface area is 76.5 Å². The van der Waals surface area contributed by atoms with Crippen LogP contribution in [0.1, 0.15) is 25.0 Å². The number of hydrogen-bond donors (Lipinski definition) is 0. The van der Waals surface area contributed by atoms with Gasteiger partial charge in [0.25, 0.3) is 0 Å². The summed E-state index contributed by atoms with van der Waals surface area (Å²) in [6.45, 7) is 4.72. The van der Waals surface area contributed by atoms with Gasteiger partial charge >= 0.3 is 0 Å². The van der Waals surface area contributed by atoms with Crippen LogP contribution in [0.5, 0.6) is 0 Å². The molecule has 1 aromatic rings. The molecule has 2 nitrogen and oxygen atoms in total. The molecule has 0 bridgehead atoms. The lowest BCUT2D eigenvalue weighted by Gasteiger charge is -2.17. The Kier molecular flexibility index (Phi) is 1.63. The quantitative estimate of drug-likeness (QED) is 0.577. The summed E-state index contributed by atoms with van der Waals surface area (Å²) in [5.74, 6) is 0. The van der Waals surface area contributed by atoms with E-state index in [1.54, 1.807) is 6.20 Å². The monoisotopic (exact) mass is 183 g/mol. The van der Waals surface area contributed by atoms with Crippen LogP contribution in [0, 0.1) is 0 Å². The summed E-state index contributed by atoms with van der Waals surface area (Å²) >= 11 is 5.78. The maximum atomic E-state index is 5.78. The van der Waals surface area contributed by atoms with Gasteiger partial charge in [0.05, 0.1) is 12.2 Å². The van der Waals surface area contributed by atoms with Crippen molar-refractivity contribution in [2.75, 3.05) is 0 Å². The Hall–Kier alpha value is -0.600. The number of rotatable bonds is 0. The summed E-state index contributed by atoms with van der Waals surface area (Å²) in [5.41, 5.74) is 2.09. The topological polar surface area (TPSA) is 22.1 Å². The van der Waals surface area contributed by atoms with Crippen LogP contribution in [0.3, 0.4) is 0 Å². The zero-order chi connectivity index (χ0) is 8.77. The number of pyridine rings is 1. The van der Waals surface area contributed by atoms with Crippen LogP contribution in [0.4, 0.5) is 0 Å². The maximum absolute atomic E-state index is 5.78. The van der Waals surface area contributed by atoms with Gasteiger partial charge in [0.2, 0.25) is 0 Å². The summed E-state index contributed by atoms with van der Waals surface area (Å²) < 4.78 is 5.57. The van der Waals surface area contributed by atoms with Crippen molar-refractivity contribution in [3.8, 4) is 0 Å². The van der Waals surface area contributed by atoms with E-state index in [4.69, 9.17) is 16.3 Å². The molecule has 0 fully saturated rings. The van der Waals surface area contributed by atoms with Crippen molar-refractivity contribution in [2.24, 2.45) is 0 Å². The average molecular weight is 184 g/mol. The van der Waals surface area contributed by atoms with Crippen LogP contribution < -0.4 is 0 Å². The number of ether oxygens (including phenoxy) is 1. The lowest BCUT2D eigenvalue weighted by molar-refractivity contribution is -0.00789. The Balaban J connectivity index is 2.57. The van der Waals surface area contributed by atoms with Gasteiger partial charge in [-0.25, -0.2) is 4.98 Å². The van der Waals surface area contributed by atoms with Crippen LogP contribution in [0.2, 0.25) is 5.15 Å². The third kappa shape index (κ3) is 1.11. The fourth-order valence-electron chi connectivity index (χ4n) is 1.47. The van der Waals surface area contributed by atoms with E-state index < -0.39 is 0 Å². The highest BCUT2D eigenvalue weighted by atomic mass is 35.5. The molecule has 2 heterocycles. The minimum Gasteiger partial charge on any atom is -0.366 e. The molecule has 12 heavy (non-hydrogen) atoms. The van der Waals surface area contributed by atoms with Crippen molar-refractivity contribution in [3.63, 3.8) is 0 Å². The lowest BCUT2D eigenvalue weighted by atomic mass is 9.98. The van der Waals surface area contributed by atoms with E-state index in [9.17, 15) is 0 Å². The highest BCUT2D eigenvalue weighted by Crippen LogP contribution is 2.36. The van der Waals surface area contributed by atoms with Crippen LogP contribution in [-0.2, 0) is 16.9 Å². The van der Waals surface area contributed by atoms with Gasteiger partial charge in [-0.2, -0.15) is 0 Å². The molecule has 0 amide bonds. The van der Waals surface area contributed by atoms with Crippen LogP contribution in [0.15, 0.2) is 12.3 Å². The van der Waals surface area contributed by atoms with Gasteiger partial charge in [-0.1, -0.05) is 11.6 Å². The van der Waals surface area contributed by atoms with Gasteiger partial charge in [0.15, 0.2) is 0 Å². The number of aromatic nitrogens is 1. The highest BCUT2D eigenvalue weighted by molar-refractivity contribution is 6.29. The molecule has 2 rings (SSSR count). The van der Waals surface area contributed by atoms with E-state index in [0.717, 1.165) is 11.1 Å². The molecular formula is C9H10ClNO. The second-order valence-electron chi connectivity index (χ2n) is 3.46. The van der Waals surface area contributed by atoms with Crippen molar-refractivity contribution >= 4 is 11.6 Å². The third-order valence-corrected chi connectivity index (χ3v) is 2.40. The fourth-order valence-corrected chi connectivity index (χ4v) is 1.63. The molecule has 0 spiro atoms. The van der Waals surface area contributed by atoms with Crippen molar-refractivity contribution in [1.29, 1.82) is 0 Å². The predicted molar refractivity (Wildman–Crippen MR) is 47.1 cm³/mol. The molecule has 0 aliphatic carbocycles. The zero-order valence-corrected chi connectivity index (χ0v) is 7.85. The average Bonchev–Trinajstić information content (AvgIpc) is 2.28. The van der Waals surface area contributed by atoms with Gasteiger partial charge in [0.1, 0.15) is 5.15 Å². The summed E-state index contributed by atoms with van der Waals surface area (Å²) in [6, 6.07) is 1.88. The predicted octanol–water partition coefficient (Wildman–Crippen LogP) is 2.50. The van der Waals surface area contributed by atoms with Crippen LogP contribution >= 0.6 is 11.6 Å². The molecule has 0 N–H and O–H groups in total. The van der Waals surface area contributed by atoms with Crippen molar-refractivity contribution in [2.45, 2.75) is 26.1 Å². The zero-order valence-electron chi connectivity index (χ0n) is 7.10. The molecular weight excluding hydrogens is 174 g/mol. The number of halogens is 1. The minimum absolute atomic E-state index is 0.206. The normalized spacial score (nSPS) is 19.2. The third-order valence-electron chi connectivity index (χ3n) is 2.19. The van der Waals surface area contributed by atoms with Gasteiger partial charge in [-0.15, -0.1) is 0 Å². The molecule has 0 aromatic carbocycles. The van der Waals surface area contributed by atoms with Crippen molar-refractivity contribution < 1.29 is 4.74 Å². The first-order chi connectivity index (χ1) is 5.59. The summed E-state index contributed by atoms with van der Waals surface area (Å²) in [5, 5.41) is 0.535. The first kappa shape index (κ1) is 8.02. The summed E-state index contributed by atoms with van der Waals surface area (Å²) in [7, 11) is 0. The van der Waals surface area contributed by atoms with E-state index >= 15 is 0 Å². The smallest absolute Gasteiger partial charge is 0.129 e. The lowest BCUT2D eigenvalue weighted by Crippen LogP contribution is -2.14. The van der Waals surface area contributed by atoms with Crippen LogP contribution in [0.25, 0.3) is 0 Å². The molecule has 1 aliphatic rings. The number of hydrogen-bond acceptors (Lipinski definition) is 2. The molecule has 0 radical (unpaired) electrons. The standard InChI is InChI=1S/C9H10ClNO/c1-9(2)7-3-8(10)11-4-6(7)5-12-9/h3-4H,5H2,1-2H3. The first-order valence-corrected chi connectivity index (χ1v) is 4.26. The van der Waals surface area contributed by atoms with Crippen LogP contribution in [-0.4, -0.2) is 4.98 Å². The Bertz CT molecular complexity index is 322. The molecule has 1 aromatic heterocycles. The van der Waals surface area contributed by atoms with Crippen molar-refractivity contribution in [1.82, 2.24) is 4.98 Å². The van der Waals surface area contributed by atoms with Crippen molar-refractivity contribution in [3.05, 3.63) is 28.5 Å². The van der Waals surface area contributed by atoms with Gasteiger partial charge in [-0.05, 0) is 25.5 Å². The second kappa shape index (κ2) is 2.44.